The average Bonchev–Trinajstić information content (AvgIpc) is 1.99. The van der Waals surface area contributed by atoms with Crippen LogP contribution in [0.2, 0.25) is 0 Å². The molecule has 2 rings (SSSR count). The van der Waals surface area contributed by atoms with Crippen LogP contribution in [0.3, 0.4) is 0 Å². The Morgan fingerprint density at radius 2 is 2.07 bits per heavy atom. The second kappa shape index (κ2) is 3.20. The summed E-state index contributed by atoms with van der Waals surface area (Å²) in [5, 5.41) is 6.67. The summed E-state index contributed by atoms with van der Waals surface area (Å²) in [7, 11) is 0. The zero-order valence-corrected chi connectivity index (χ0v) is 8.89. The number of aromatic nitrogens is 2. The molecule has 14 heavy (non-hydrogen) atoms. The van der Waals surface area contributed by atoms with Crippen molar-refractivity contribution < 1.29 is 0 Å². The highest BCUT2D eigenvalue weighted by Gasteiger charge is 2.31. The molecule has 1 aromatic rings. The van der Waals surface area contributed by atoms with Crippen LogP contribution in [0.1, 0.15) is 18.4 Å². The quantitative estimate of drug-likeness (QED) is 0.730. The largest absolute Gasteiger partial charge is 0.362 e. The smallest absolute Gasteiger partial charge is 0.130 e. The Morgan fingerprint density at radius 1 is 1.36 bits per heavy atom. The SMILES string of the molecule is Cc1cc(NC2(C)CNC2)nc(C)n1. The van der Waals surface area contributed by atoms with Gasteiger partial charge in [-0.1, -0.05) is 0 Å². The van der Waals surface area contributed by atoms with Crippen LogP contribution in [0.25, 0.3) is 0 Å². The number of hydrogen-bond donors (Lipinski definition) is 2. The zero-order valence-electron chi connectivity index (χ0n) is 8.89. The number of rotatable bonds is 2. The van der Waals surface area contributed by atoms with E-state index in [2.05, 4.69) is 27.5 Å². The van der Waals surface area contributed by atoms with E-state index in [0.717, 1.165) is 30.4 Å². The van der Waals surface area contributed by atoms with Gasteiger partial charge in [-0.15, -0.1) is 0 Å². The lowest BCUT2D eigenvalue weighted by molar-refractivity contribution is 0.337. The summed E-state index contributed by atoms with van der Waals surface area (Å²) < 4.78 is 0. The van der Waals surface area contributed by atoms with Crippen molar-refractivity contribution in [3.8, 4) is 0 Å². The van der Waals surface area contributed by atoms with Gasteiger partial charge < -0.3 is 10.6 Å². The third-order valence-corrected chi connectivity index (χ3v) is 2.43. The summed E-state index contributed by atoms with van der Waals surface area (Å²) in [5.74, 6) is 1.75. The normalized spacial score (nSPS) is 18.8. The molecular formula is C10H16N4. The van der Waals surface area contributed by atoms with Crippen molar-refractivity contribution in [2.75, 3.05) is 18.4 Å². The van der Waals surface area contributed by atoms with Gasteiger partial charge in [0, 0.05) is 24.8 Å². The monoisotopic (exact) mass is 192 g/mol. The van der Waals surface area contributed by atoms with Crippen LogP contribution in [-0.2, 0) is 0 Å². The number of hydrogen-bond acceptors (Lipinski definition) is 4. The first-order valence-corrected chi connectivity index (χ1v) is 4.89. The number of aryl methyl sites for hydroxylation is 2. The Balaban J connectivity index is 2.16. The molecule has 4 nitrogen and oxygen atoms in total. The van der Waals surface area contributed by atoms with Crippen molar-refractivity contribution in [2.45, 2.75) is 26.3 Å². The van der Waals surface area contributed by atoms with Gasteiger partial charge >= 0.3 is 0 Å². The topological polar surface area (TPSA) is 49.8 Å². The molecule has 0 bridgehead atoms. The Bertz CT molecular complexity index is 324. The van der Waals surface area contributed by atoms with Gasteiger partial charge in [-0.3, -0.25) is 0 Å². The summed E-state index contributed by atoms with van der Waals surface area (Å²) in [6.45, 7) is 8.08. The van der Waals surface area contributed by atoms with E-state index >= 15 is 0 Å². The van der Waals surface area contributed by atoms with E-state index in [1.165, 1.54) is 0 Å². The highest BCUT2D eigenvalue weighted by molar-refractivity contribution is 5.40. The number of nitrogens with zero attached hydrogens (tertiary/aromatic N) is 2. The minimum absolute atomic E-state index is 0.160. The van der Waals surface area contributed by atoms with Crippen LogP contribution in [0.4, 0.5) is 5.82 Å². The Morgan fingerprint density at radius 3 is 2.57 bits per heavy atom. The third kappa shape index (κ3) is 1.85. The fourth-order valence-electron chi connectivity index (χ4n) is 1.68. The summed E-state index contributed by atoms with van der Waals surface area (Å²) in [6.07, 6.45) is 0. The predicted molar refractivity (Wildman–Crippen MR) is 56.4 cm³/mol. The molecule has 1 fully saturated rings. The van der Waals surface area contributed by atoms with Gasteiger partial charge in [0.05, 0.1) is 5.54 Å². The van der Waals surface area contributed by atoms with E-state index in [1.807, 2.05) is 19.9 Å². The van der Waals surface area contributed by atoms with Crippen molar-refractivity contribution in [1.82, 2.24) is 15.3 Å². The third-order valence-electron chi connectivity index (χ3n) is 2.43. The van der Waals surface area contributed by atoms with Gasteiger partial charge in [0.2, 0.25) is 0 Å². The minimum Gasteiger partial charge on any atom is -0.362 e. The lowest BCUT2D eigenvalue weighted by atomic mass is 9.95. The highest BCUT2D eigenvalue weighted by atomic mass is 15.2. The van der Waals surface area contributed by atoms with Crippen LogP contribution < -0.4 is 10.6 Å². The van der Waals surface area contributed by atoms with E-state index in [0.29, 0.717) is 0 Å². The van der Waals surface area contributed by atoms with Crippen molar-refractivity contribution >= 4 is 5.82 Å². The summed E-state index contributed by atoms with van der Waals surface area (Å²) in [4.78, 5) is 8.59. The molecule has 1 aliphatic heterocycles. The molecule has 0 amide bonds. The first-order chi connectivity index (χ1) is 6.57. The first kappa shape index (κ1) is 9.40. The maximum absolute atomic E-state index is 4.35. The fourth-order valence-corrected chi connectivity index (χ4v) is 1.68. The number of nitrogens with one attached hydrogen (secondary N) is 2. The second-order valence-electron chi connectivity index (χ2n) is 4.23. The molecule has 0 saturated carbocycles. The van der Waals surface area contributed by atoms with Crippen molar-refractivity contribution in [3.63, 3.8) is 0 Å². The standard InChI is InChI=1S/C10H16N4/c1-7-4-9(13-8(2)12-7)14-10(3)5-11-6-10/h4,11H,5-6H2,1-3H3,(H,12,13,14). The Hall–Kier alpha value is -1.16. The lowest BCUT2D eigenvalue weighted by Crippen LogP contribution is -2.62. The van der Waals surface area contributed by atoms with Gasteiger partial charge in [-0.05, 0) is 20.8 Å². The van der Waals surface area contributed by atoms with Crippen LogP contribution in [0.5, 0.6) is 0 Å². The molecule has 0 spiro atoms. The molecule has 4 heteroatoms. The Labute approximate surface area is 84.2 Å². The van der Waals surface area contributed by atoms with Crippen LogP contribution >= 0.6 is 0 Å². The van der Waals surface area contributed by atoms with Crippen molar-refractivity contribution in [1.29, 1.82) is 0 Å². The van der Waals surface area contributed by atoms with Crippen molar-refractivity contribution in [3.05, 3.63) is 17.6 Å². The summed E-state index contributed by atoms with van der Waals surface area (Å²) >= 11 is 0. The maximum atomic E-state index is 4.35. The predicted octanol–water partition coefficient (Wildman–Crippen LogP) is 0.867. The van der Waals surface area contributed by atoms with Crippen LogP contribution in [0, 0.1) is 13.8 Å². The second-order valence-corrected chi connectivity index (χ2v) is 4.23. The molecule has 0 atom stereocenters. The molecule has 1 aliphatic rings. The maximum Gasteiger partial charge on any atom is 0.130 e. The van der Waals surface area contributed by atoms with Gasteiger partial charge in [0.25, 0.3) is 0 Å². The molecular weight excluding hydrogens is 176 g/mol. The molecule has 2 heterocycles. The van der Waals surface area contributed by atoms with Crippen molar-refractivity contribution in [2.24, 2.45) is 0 Å². The van der Waals surface area contributed by atoms with Gasteiger partial charge in [0.15, 0.2) is 0 Å². The van der Waals surface area contributed by atoms with Crippen LogP contribution in [0.15, 0.2) is 6.07 Å². The summed E-state index contributed by atoms with van der Waals surface area (Å²) in [6, 6.07) is 1.98. The Kier molecular flexibility index (Phi) is 2.15. The fraction of sp³-hybridized carbons (Fsp3) is 0.600. The molecule has 1 saturated heterocycles. The van der Waals surface area contributed by atoms with Gasteiger partial charge in [-0.2, -0.15) is 0 Å². The van der Waals surface area contributed by atoms with Crippen LogP contribution in [-0.4, -0.2) is 28.6 Å². The van der Waals surface area contributed by atoms with E-state index in [4.69, 9.17) is 0 Å². The molecule has 0 aromatic carbocycles. The molecule has 0 aliphatic carbocycles. The van der Waals surface area contributed by atoms with E-state index < -0.39 is 0 Å². The lowest BCUT2D eigenvalue weighted by Gasteiger charge is -2.40. The molecule has 2 N–H and O–H groups in total. The average molecular weight is 192 g/mol. The summed E-state index contributed by atoms with van der Waals surface area (Å²) in [5.41, 5.74) is 1.17. The zero-order chi connectivity index (χ0) is 10.2. The van der Waals surface area contributed by atoms with E-state index in [9.17, 15) is 0 Å². The molecule has 76 valence electrons. The van der Waals surface area contributed by atoms with E-state index in [-0.39, 0.29) is 5.54 Å². The van der Waals surface area contributed by atoms with Gasteiger partial charge in [0.1, 0.15) is 11.6 Å². The number of anilines is 1. The minimum atomic E-state index is 0.160. The molecule has 0 radical (unpaired) electrons. The molecule has 1 aromatic heterocycles. The molecule has 0 unspecified atom stereocenters. The van der Waals surface area contributed by atoms with E-state index in [1.54, 1.807) is 0 Å². The van der Waals surface area contributed by atoms with Gasteiger partial charge in [-0.25, -0.2) is 9.97 Å². The first-order valence-electron chi connectivity index (χ1n) is 4.89. The highest BCUT2D eigenvalue weighted by Crippen LogP contribution is 2.17.